The molecule has 0 spiro atoms. The van der Waals surface area contributed by atoms with Crippen molar-refractivity contribution in [2.75, 3.05) is 19.3 Å². The van der Waals surface area contributed by atoms with Gasteiger partial charge >= 0.3 is 6.18 Å². The van der Waals surface area contributed by atoms with Crippen LogP contribution in [0.25, 0.3) is 0 Å². The van der Waals surface area contributed by atoms with Gasteiger partial charge in [-0.3, -0.25) is 20.4 Å². The maximum Gasteiger partial charge on any atom is 0.418 e. The van der Waals surface area contributed by atoms with E-state index in [9.17, 15) is 26.7 Å². The Morgan fingerprint density at radius 2 is 1.81 bits per heavy atom. The fourth-order valence-corrected chi connectivity index (χ4v) is 2.74. The molecule has 0 heterocycles. The fraction of sp³-hybridized carbons (Fsp3) is 0.333. The van der Waals surface area contributed by atoms with Crippen LogP contribution < -0.4 is 21.7 Å². The highest BCUT2D eigenvalue weighted by Crippen LogP contribution is 2.36. The molecule has 0 fully saturated rings. The first-order valence-corrected chi connectivity index (χ1v) is 9.64. The summed E-state index contributed by atoms with van der Waals surface area (Å²) >= 11 is 0. The summed E-state index contributed by atoms with van der Waals surface area (Å²) < 4.78 is 66.3. The Morgan fingerprint density at radius 1 is 1.12 bits per heavy atom. The van der Waals surface area contributed by atoms with Gasteiger partial charge in [0.2, 0.25) is 0 Å². The number of aliphatic imine (C=N–C) groups is 1. The summed E-state index contributed by atoms with van der Waals surface area (Å²) in [5, 5.41) is 8.04. The molecule has 0 aromatic heterocycles. The zero-order valence-corrected chi connectivity index (χ0v) is 17.6. The third-order valence-corrected chi connectivity index (χ3v) is 4.35. The second kappa shape index (κ2) is 10.4. The van der Waals surface area contributed by atoms with E-state index in [1.807, 2.05) is 13.8 Å². The van der Waals surface area contributed by atoms with Gasteiger partial charge in [-0.05, 0) is 37.2 Å². The molecule has 6 nitrogen and oxygen atoms in total. The number of nitrogens with one attached hydrogen (secondary N) is 3. The van der Waals surface area contributed by atoms with Crippen LogP contribution in [0.3, 0.4) is 0 Å². The maximum absolute atomic E-state index is 13.5. The first-order chi connectivity index (χ1) is 14.9. The van der Waals surface area contributed by atoms with E-state index in [0.717, 1.165) is 24.3 Å². The van der Waals surface area contributed by atoms with Crippen LogP contribution in [-0.4, -0.2) is 25.5 Å². The smallest absolute Gasteiger partial charge is 0.398 e. The molecule has 0 aliphatic rings. The zero-order chi connectivity index (χ0) is 24.1. The molecule has 0 aliphatic carbocycles. The van der Waals surface area contributed by atoms with E-state index in [4.69, 9.17) is 5.73 Å². The van der Waals surface area contributed by atoms with E-state index in [2.05, 4.69) is 20.9 Å². The number of nitrogens with zero attached hydrogens (tertiary/aromatic N) is 1. The number of alkyl halides is 3. The minimum Gasteiger partial charge on any atom is -0.398 e. The number of hydrogen-bond acceptors (Lipinski definition) is 4. The number of rotatable bonds is 6. The van der Waals surface area contributed by atoms with Crippen LogP contribution in [0.2, 0.25) is 0 Å². The van der Waals surface area contributed by atoms with Crippen molar-refractivity contribution >= 4 is 17.6 Å². The van der Waals surface area contributed by atoms with Gasteiger partial charge in [0.05, 0.1) is 11.3 Å². The van der Waals surface area contributed by atoms with E-state index >= 15 is 0 Å². The minimum atomic E-state index is -4.65. The predicted octanol–water partition coefficient (Wildman–Crippen LogP) is 3.82. The van der Waals surface area contributed by atoms with E-state index in [1.54, 1.807) is 0 Å². The summed E-state index contributed by atoms with van der Waals surface area (Å²) in [5.41, 5.74) is 4.20. The van der Waals surface area contributed by atoms with E-state index in [0.29, 0.717) is 0 Å². The Labute approximate surface area is 182 Å². The van der Waals surface area contributed by atoms with Gasteiger partial charge in [0.15, 0.2) is 17.6 Å². The average Bonchev–Trinajstić information content (AvgIpc) is 2.71. The molecule has 2 aromatic carbocycles. The summed E-state index contributed by atoms with van der Waals surface area (Å²) in [4.78, 5) is 16.8. The van der Waals surface area contributed by atoms with Crippen molar-refractivity contribution in [3.63, 3.8) is 0 Å². The van der Waals surface area contributed by atoms with Crippen molar-refractivity contribution in [2.24, 2.45) is 10.9 Å². The van der Waals surface area contributed by atoms with Gasteiger partial charge in [0.25, 0.3) is 5.91 Å². The van der Waals surface area contributed by atoms with Crippen molar-refractivity contribution in [2.45, 2.75) is 26.2 Å². The lowest BCUT2D eigenvalue weighted by atomic mass is 10.0. The monoisotopic (exact) mass is 457 g/mol. The lowest BCUT2D eigenvalue weighted by Crippen LogP contribution is -2.46. The molecule has 2 aromatic rings. The molecular formula is C21H24F5N5O. The van der Waals surface area contributed by atoms with Crippen LogP contribution in [0.5, 0.6) is 0 Å². The number of carbonyl (C=O) groups is 1. The summed E-state index contributed by atoms with van der Waals surface area (Å²) in [7, 11) is 1.48. The molecule has 0 saturated heterocycles. The highest BCUT2D eigenvalue weighted by Gasteiger charge is 2.34. The number of amides is 1. The van der Waals surface area contributed by atoms with Gasteiger partial charge in [-0.25, -0.2) is 8.78 Å². The molecule has 5 N–H and O–H groups in total. The Bertz CT molecular complexity index is 991. The molecule has 1 atom stereocenters. The highest BCUT2D eigenvalue weighted by atomic mass is 19.4. The Balaban J connectivity index is 2.34. The van der Waals surface area contributed by atoms with Gasteiger partial charge in [0.1, 0.15) is 6.17 Å². The number of benzene rings is 2. The lowest BCUT2D eigenvalue weighted by molar-refractivity contribution is -0.136. The second-order valence-electron chi connectivity index (χ2n) is 7.34. The number of hydrogen-bond donors (Lipinski definition) is 4. The highest BCUT2D eigenvalue weighted by molar-refractivity contribution is 6.05. The largest absolute Gasteiger partial charge is 0.418 e. The molecule has 0 aliphatic heterocycles. The molecule has 1 amide bonds. The van der Waals surface area contributed by atoms with Crippen LogP contribution in [0.1, 0.15) is 41.5 Å². The van der Waals surface area contributed by atoms with Crippen molar-refractivity contribution in [1.29, 1.82) is 0 Å². The Hall–Kier alpha value is -3.21. The van der Waals surface area contributed by atoms with E-state index < -0.39 is 41.1 Å². The standard InChI is InChI=1S/C21H24F5N5O/c1-11(2)10-29-20(31-19(32)12-7-8-15(22)16(23)9-12)30-18(28-3)13-5-4-6-14(17(13)27)21(24,25)26/h4-9,11,18,28H,10,27H2,1-3H3,(H2,29,30,31,32). The molecule has 0 saturated carbocycles. The first kappa shape index (κ1) is 25.1. The number of para-hydroxylation sites is 1. The normalized spacial score (nSPS) is 13.2. The van der Waals surface area contributed by atoms with Gasteiger partial charge in [-0.15, -0.1) is 0 Å². The number of anilines is 1. The SMILES string of the molecule is CNC(NC(=NCC(C)C)NC(=O)c1ccc(F)c(F)c1)c1cccc(C(F)(F)F)c1N. The fourth-order valence-electron chi connectivity index (χ4n) is 2.74. The quantitative estimate of drug-likeness (QED) is 0.175. The number of halogens is 5. The second-order valence-corrected chi connectivity index (χ2v) is 7.34. The molecule has 32 heavy (non-hydrogen) atoms. The summed E-state index contributed by atoms with van der Waals surface area (Å²) in [6, 6.07) is 6.10. The number of guanidine groups is 1. The third kappa shape index (κ3) is 6.39. The molecule has 174 valence electrons. The van der Waals surface area contributed by atoms with E-state index in [-0.39, 0.29) is 29.5 Å². The van der Waals surface area contributed by atoms with Gasteiger partial charge in [0, 0.05) is 17.7 Å². The minimum absolute atomic E-state index is 0.0791. The van der Waals surface area contributed by atoms with Gasteiger partial charge in [-0.2, -0.15) is 13.2 Å². The van der Waals surface area contributed by atoms with Crippen LogP contribution >= 0.6 is 0 Å². The molecular weight excluding hydrogens is 433 g/mol. The van der Waals surface area contributed by atoms with Crippen molar-refractivity contribution < 1.29 is 26.7 Å². The zero-order valence-electron chi connectivity index (χ0n) is 17.6. The molecule has 0 radical (unpaired) electrons. The molecule has 1 unspecified atom stereocenters. The van der Waals surface area contributed by atoms with Crippen LogP contribution in [0.15, 0.2) is 41.4 Å². The summed E-state index contributed by atoms with van der Waals surface area (Å²) in [6.45, 7) is 4.02. The number of nitrogens with two attached hydrogens (primary N) is 1. The Kier molecular flexibility index (Phi) is 8.14. The van der Waals surface area contributed by atoms with Crippen molar-refractivity contribution in [3.05, 3.63) is 64.7 Å². The lowest BCUT2D eigenvalue weighted by Gasteiger charge is -2.24. The first-order valence-electron chi connectivity index (χ1n) is 9.64. The molecule has 2 rings (SSSR count). The molecule has 11 heteroatoms. The summed E-state index contributed by atoms with van der Waals surface area (Å²) in [5.74, 6) is -3.08. The maximum atomic E-state index is 13.5. The molecule has 0 bridgehead atoms. The van der Waals surface area contributed by atoms with Gasteiger partial charge in [-0.1, -0.05) is 26.0 Å². The van der Waals surface area contributed by atoms with Crippen LogP contribution in [-0.2, 0) is 6.18 Å². The van der Waals surface area contributed by atoms with Gasteiger partial charge < -0.3 is 11.1 Å². The van der Waals surface area contributed by atoms with Crippen LogP contribution in [0, 0.1) is 17.6 Å². The topological polar surface area (TPSA) is 91.5 Å². The third-order valence-electron chi connectivity index (χ3n) is 4.35. The van der Waals surface area contributed by atoms with E-state index in [1.165, 1.54) is 19.2 Å². The number of carbonyl (C=O) groups excluding carboxylic acids is 1. The number of nitrogen functional groups attached to an aromatic ring is 1. The van der Waals surface area contributed by atoms with Crippen molar-refractivity contribution in [1.82, 2.24) is 16.0 Å². The predicted molar refractivity (Wildman–Crippen MR) is 112 cm³/mol. The van der Waals surface area contributed by atoms with Crippen LogP contribution in [0.4, 0.5) is 27.6 Å². The summed E-state index contributed by atoms with van der Waals surface area (Å²) in [6.07, 6.45) is -5.60. The average molecular weight is 457 g/mol. The Morgan fingerprint density at radius 3 is 2.38 bits per heavy atom. The van der Waals surface area contributed by atoms with Crippen molar-refractivity contribution in [3.8, 4) is 0 Å².